The van der Waals surface area contributed by atoms with Crippen molar-refractivity contribution in [1.29, 1.82) is 0 Å². The third-order valence-electron chi connectivity index (χ3n) is 5.09. The Labute approximate surface area is 199 Å². The Hall–Kier alpha value is -3.90. The number of aliphatic carboxylic acids is 1. The van der Waals surface area contributed by atoms with Gasteiger partial charge < -0.3 is 15.7 Å². The summed E-state index contributed by atoms with van der Waals surface area (Å²) >= 11 is 0. The first-order valence-electron chi connectivity index (χ1n) is 10.4. The van der Waals surface area contributed by atoms with Crippen LogP contribution in [0.15, 0.2) is 97.3 Å². The van der Waals surface area contributed by atoms with Crippen LogP contribution in [0.1, 0.15) is 11.1 Å². The van der Waals surface area contributed by atoms with Crippen molar-refractivity contribution < 1.29 is 9.90 Å². The van der Waals surface area contributed by atoms with Crippen LogP contribution in [0.3, 0.4) is 0 Å². The van der Waals surface area contributed by atoms with E-state index < -0.39 is 12.0 Å². The van der Waals surface area contributed by atoms with E-state index in [1.165, 1.54) is 11.9 Å². The molecule has 0 radical (unpaired) electrons. The van der Waals surface area contributed by atoms with Gasteiger partial charge in [0.25, 0.3) is 0 Å². The first-order valence-corrected chi connectivity index (χ1v) is 10.4. The molecule has 0 aliphatic carbocycles. The molecule has 0 spiro atoms. The Kier molecular flexibility index (Phi) is 8.38. The maximum absolute atomic E-state index is 11.8. The van der Waals surface area contributed by atoms with Gasteiger partial charge in [-0.3, -0.25) is 0 Å². The second-order valence-electron chi connectivity index (χ2n) is 7.43. The molecule has 168 valence electrons. The summed E-state index contributed by atoms with van der Waals surface area (Å²) in [5.41, 5.74) is 4.82. The topological polar surface area (TPSA) is 87.1 Å². The molecule has 0 aliphatic rings. The average molecular weight is 461 g/mol. The van der Waals surface area contributed by atoms with Crippen LogP contribution in [0, 0.1) is 0 Å². The van der Waals surface area contributed by atoms with Crippen molar-refractivity contribution in [2.24, 2.45) is 0 Å². The van der Waals surface area contributed by atoms with Crippen LogP contribution in [0.25, 0.3) is 11.3 Å². The third-order valence-corrected chi connectivity index (χ3v) is 5.09. The lowest BCUT2D eigenvalue weighted by Gasteiger charge is -2.15. The number of carboxylic acids is 1. The Balaban J connectivity index is 0.00000306. The van der Waals surface area contributed by atoms with E-state index in [1.807, 2.05) is 72.8 Å². The van der Waals surface area contributed by atoms with Gasteiger partial charge in [-0.15, -0.1) is 12.4 Å². The van der Waals surface area contributed by atoms with Crippen LogP contribution < -0.4 is 10.6 Å². The maximum atomic E-state index is 11.8. The lowest BCUT2D eigenvalue weighted by Crippen LogP contribution is -2.31. The molecule has 0 amide bonds. The minimum absolute atomic E-state index is 0. The highest BCUT2D eigenvalue weighted by atomic mass is 35.5. The molecule has 3 N–H and O–H groups in total. The second kappa shape index (κ2) is 11.6. The Bertz CT molecular complexity index is 1160. The number of hydrogen-bond donors (Lipinski definition) is 3. The molecule has 4 rings (SSSR count). The molecule has 0 aliphatic heterocycles. The quantitative estimate of drug-likeness (QED) is 0.315. The predicted molar refractivity (Wildman–Crippen MR) is 134 cm³/mol. The fraction of sp³-hybridized carbons (Fsp3) is 0.115. The number of benzene rings is 3. The summed E-state index contributed by atoms with van der Waals surface area (Å²) in [4.78, 5) is 20.3. The molecule has 33 heavy (non-hydrogen) atoms. The van der Waals surface area contributed by atoms with E-state index in [1.54, 1.807) is 6.07 Å². The van der Waals surface area contributed by atoms with E-state index in [4.69, 9.17) is 0 Å². The normalized spacial score (nSPS) is 11.2. The number of anilines is 2. The average Bonchev–Trinajstić information content (AvgIpc) is 2.84. The first kappa shape index (κ1) is 23.8. The second-order valence-corrected chi connectivity index (χ2v) is 7.43. The summed E-state index contributed by atoms with van der Waals surface area (Å²) in [6.45, 7) is 0.750. The maximum Gasteiger partial charge on any atom is 0.326 e. The molecule has 0 saturated heterocycles. The lowest BCUT2D eigenvalue weighted by atomic mass is 10.1. The highest BCUT2D eigenvalue weighted by Gasteiger charge is 2.18. The van der Waals surface area contributed by atoms with Crippen LogP contribution in [-0.2, 0) is 17.8 Å². The monoisotopic (exact) mass is 460 g/mol. The minimum Gasteiger partial charge on any atom is -0.480 e. The fourth-order valence-corrected chi connectivity index (χ4v) is 3.38. The predicted octanol–water partition coefficient (Wildman–Crippen LogP) is 5.29. The molecule has 0 saturated carbocycles. The van der Waals surface area contributed by atoms with Gasteiger partial charge in [0.1, 0.15) is 18.2 Å². The van der Waals surface area contributed by atoms with Gasteiger partial charge >= 0.3 is 5.97 Å². The van der Waals surface area contributed by atoms with Crippen molar-refractivity contribution in [2.45, 2.75) is 19.0 Å². The Morgan fingerprint density at radius 1 is 0.848 bits per heavy atom. The summed E-state index contributed by atoms with van der Waals surface area (Å²) in [5.74, 6) is -0.451. The first-order chi connectivity index (χ1) is 15.7. The summed E-state index contributed by atoms with van der Waals surface area (Å²) in [7, 11) is 0. The molecule has 6 nitrogen and oxygen atoms in total. The van der Waals surface area contributed by atoms with Gasteiger partial charge in [0.05, 0.1) is 5.69 Å². The molecule has 0 fully saturated rings. The van der Waals surface area contributed by atoms with E-state index in [9.17, 15) is 9.90 Å². The number of carboxylic acid groups (broad SMARTS) is 1. The summed E-state index contributed by atoms with van der Waals surface area (Å²) < 4.78 is 0. The van der Waals surface area contributed by atoms with Gasteiger partial charge in [-0.25, -0.2) is 14.8 Å². The van der Waals surface area contributed by atoms with Gasteiger partial charge in [0.15, 0.2) is 0 Å². The van der Waals surface area contributed by atoms with Crippen LogP contribution in [0.2, 0.25) is 0 Å². The van der Waals surface area contributed by atoms with Crippen molar-refractivity contribution in [3.63, 3.8) is 0 Å². The van der Waals surface area contributed by atoms with Crippen molar-refractivity contribution in [3.05, 3.63) is 108 Å². The fourth-order valence-electron chi connectivity index (χ4n) is 3.38. The molecule has 4 aromatic rings. The number of hydrogen-bond acceptors (Lipinski definition) is 5. The number of rotatable bonds is 9. The largest absolute Gasteiger partial charge is 0.480 e. The van der Waals surface area contributed by atoms with Crippen LogP contribution in [0.5, 0.6) is 0 Å². The number of aromatic nitrogens is 2. The molecule has 1 aromatic heterocycles. The van der Waals surface area contributed by atoms with E-state index in [0.29, 0.717) is 12.2 Å². The molecule has 1 atom stereocenters. The van der Waals surface area contributed by atoms with Gasteiger partial charge in [-0.2, -0.15) is 0 Å². The van der Waals surface area contributed by atoms with Crippen LogP contribution in [-0.4, -0.2) is 27.1 Å². The molecule has 1 heterocycles. The number of carbonyl (C=O) groups is 1. The van der Waals surface area contributed by atoms with E-state index in [0.717, 1.165) is 29.1 Å². The van der Waals surface area contributed by atoms with Gasteiger partial charge in [-0.1, -0.05) is 72.8 Å². The zero-order valence-corrected chi connectivity index (χ0v) is 18.7. The zero-order chi connectivity index (χ0) is 22.2. The third kappa shape index (κ3) is 6.79. The SMILES string of the molecule is Cl.O=C(O)[C@H](Cc1ccccc1)Nc1cc(-c2ccc(NCc3ccccc3)cc2)ncn1. The smallest absolute Gasteiger partial charge is 0.326 e. The highest BCUT2D eigenvalue weighted by molar-refractivity contribution is 5.85. The van der Waals surface area contributed by atoms with E-state index in [2.05, 4.69) is 32.7 Å². The molecule has 3 aromatic carbocycles. The number of halogens is 1. The minimum atomic E-state index is -0.928. The van der Waals surface area contributed by atoms with Gasteiger partial charge in [0.2, 0.25) is 0 Å². The van der Waals surface area contributed by atoms with Crippen molar-refractivity contribution in [3.8, 4) is 11.3 Å². The van der Waals surface area contributed by atoms with E-state index >= 15 is 0 Å². The number of nitrogens with zero attached hydrogens (tertiary/aromatic N) is 2. The molecule has 0 bridgehead atoms. The molecule has 7 heteroatoms. The van der Waals surface area contributed by atoms with Gasteiger partial charge in [0, 0.05) is 30.3 Å². The zero-order valence-electron chi connectivity index (χ0n) is 17.9. The van der Waals surface area contributed by atoms with Crippen LogP contribution in [0.4, 0.5) is 11.5 Å². The molecular formula is C26H25ClN4O2. The molecule has 0 unspecified atom stereocenters. The molecular weight excluding hydrogens is 436 g/mol. The van der Waals surface area contributed by atoms with Crippen LogP contribution >= 0.6 is 12.4 Å². The van der Waals surface area contributed by atoms with Crippen molar-refractivity contribution in [2.75, 3.05) is 10.6 Å². The Morgan fingerprint density at radius 2 is 1.48 bits per heavy atom. The summed E-state index contributed by atoms with van der Waals surface area (Å²) in [5, 5.41) is 16.1. The standard InChI is InChI=1S/C26H24N4O2.ClH/c31-26(32)24(15-19-7-3-1-4-8-19)30-25-16-23(28-18-29-25)21-11-13-22(14-12-21)27-17-20-9-5-2-6-10-20;/h1-14,16,18,24,27H,15,17H2,(H,31,32)(H,28,29,30);1H/t24-;/m0./s1. The van der Waals surface area contributed by atoms with Gasteiger partial charge in [-0.05, 0) is 23.3 Å². The van der Waals surface area contributed by atoms with Crippen molar-refractivity contribution >= 4 is 29.9 Å². The highest BCUT2D eigenvalue weighted by Crippen LogP contribution is 2.22. The van der Waals surface area contributed by atoms with E-state index in [-0.39, 0.29) is 12.4 Å². The number of nitrogens with one attached hydrogen (secondary N) is 2. The van der Waals surface area contributed by atoms with Crippen molar-refractivity contribution in [1.82, 2.24) is 9.97 Å². The summed E-state index contributed by atoms with van der Waals surface area (Å²) in [6, 6.07) is 28.7. The Morgan fingerprint density at radius 3 is 2.12 bits per heavy atom. The lowest BCUT2D eigenvalue weighted by molar-refractivity contribution is -0.137. The summed E-state index contributed by atoms with van der Waals surface area (Å²) in [6.07, 6.45) is 1.80.